The Hall–Kier alpha value is -1.61. The predicted octanol–water partition coefficient (Wildman–Crippen LogP) is 6.06. The number of hydrogen-bond donors (Lipinski definition) is 0. The van der Waals surface area contributed by atoms with E-state index in [0.29, 0.717) is 27.6 Å². The van der Waals surface area contributed by atoms with Gasteiger partial charge in [-0.2, -0.15) is 0 Å². The number of rotatable bonds is 6. The molecule has 0 fully saturated rings. The van der Waals surface area contributed by atoms with Gasteiger partial charge in [0.25, 0.3) is 5.22 Å². The van der Waals surface area contributed by atoms with Crippen LogP contribution in [0.4, 0.5) is 4.39 Å². The number of fused-ring (bicyclic) bond motifs is 1. The first-order valence-electron chi connectivity index (χ1n) is 7.55. The molecule has 0 amide bonds. The van der Waals surface area contributed by atoms with Crippen molar-refractivity contribution in [3.05, 3.63) is 64.8 Å². The lowest BCUT2D eigenvalue weighted by molar-refractivity contribution is 0.426. The van der Waals surface area contributed by atoms with Crippen molar-refractivity contribution in [3.8, 4) is 0 Å². The summed E-state index contributed by atoms with van der Waals surface area (Å²) in [6, 6.07) is 12.4. The van der Waals surface area contributed by atoms with Crippen molar-refractivity contribution in [2.24, 2.45) is 0 Å². The van der Waals surface area contributed by atoms with Gasteiger partial charge in [0.2, 0.25) is 5.89 Å². The smallest absolute Gasteiger partial charge is 0.276 e. The highest BCUT2D eigenvalue weighted by Gasteiger charge is 2.11. The fourth-order valence-electron chi connectivity index (χ4n) is 2.17. The minimum Gasteiger partial charge on any atom is -0.415 e. The van der Waals surface area contributed by atoms with Gasteiger partial charge in [0, 0.05) is 10.8 Å². The van der Waals surface area contributed by atoms with Crippen molar-refractivity contribution in [1.82, 2.24) is 15.2 Å². The molecule has 0 bridgehead atoms. The number of aromatic nitrogens is 3. The largest absolute Gasteiger partial charge is 0.415 e. The first kappa shape index (κ1) is 17.8. The lowest BCUT2D eigenvalue weighted by Crippen LogP contribution is -1.84. The van der Waals surface area contributed by atoms with E-state index in [2.05, 4.69) is 21.2 Å². The van der Waals surface area contributed by atoms with Gasteiger partial charge in [-0.3, -0.25) is 0 Å². The molecule has 132 valence electrons. The molecule has 0 aliphatic heterocycles. The molecule has 4 nitrogen and oxygen atoms in total. The zero-order chi connectivity index (χ0) is 17.9. The summed E-state index contributed by atoms with van der Waals surface area (Å²) in [5.74, 6) is 1.29. The van der Waals surface area contributed by atoms with Crippen molar-refractivity contribution in [3.63, 3.8) is 0 Å². The summed E-state index contributed by atoms with van der Waals surface area (Å²) < 4.78 is 20.8. The zero-order valence-electron chi connectivity index (χ0n) is 13.2. The lowest BCUT2D eigenvalue weighted by Gasteiger charge is -2.01. The molecule has 0 unspecified atom stereocenters. The number of nitrogens with zero attached hydrogens (tertiary/aromatic N) is 3. The number of thiazole rings is 1. The molecule has 4 rings (SSSR count). The van der Waals surface area contributed by atoms with Gasteiger partial charge in [-0.05, 0) is 29.8 Å². The zero-order valence-corrected chi connectivity index (χ0v) is 16.4. The van der Waals surface area contributed by atoms with Crippen molar-refractivity contribution < 1.29 is 8.81 Å². The van der Waals surface area contributed by atoms with Crippen molar-refractivity contribution in [2.75, 3.05) is 0 Å². The second kappa shape index (κ2) is 7.96. The summed E-state index contributed by atoms with van der Waals surface area (Å²) in [5, 5.41) is 8.95. The molecule has 2 heterocycles. The Kier molecular flexibility index (Phi) is 5.44. The molecular formula is C17H11ClFN3OS3. The van der Waals surface area contributed by atoms with Crippen LogP contribution < -0.4 is 0 Å². The number of benzene rings is 2. The van der Waals surface area contributed by atoms with Crippen LogP contribution in [0.3, 0.4) is 0 Å². The van der Waals surface area contributed by atoms with E-state index in [9.17, 15) is 4.39 Å². The minimum absolute atomic E-state index is 0.351. The maximum Gasteiger partial charge on any atom is 0.276 e. The van der Waals surface area contributed by atoms with Gasteiger partial charge >= 0.3 is 0 Å². The van der Waals surface area contributed by atoms with Gasteiger partial charge < -0.3 is 4.42 Å². The van der Waals surface area contributed by atoms with Crippen LogP contribution >= 0.6 is 46.5 Å². The Morgan fingerprint density at radius 3 is 2.81 bits per heavy atom. The van der Waals surface area contributed by atoms with Crippen LogP contribution in [0.15, 0.2) is 56.4 Å². The normalized spacial score (nSPS) is 11.3. The molecular weight excluding hydrogens is 413 g/mol. The molecule has 0 aliphatic rings. The average Bonchev–Trinajstić information content (AvgIpc) is 3.25. The van der Waals surface area contributed by atoms with E-state index in [4.69, 9.17) is 16.0 Å². The summed E-state index contributed by atoms with van der Waals surface area (Å²) in [5.41, 5.74) is 1.82. The first-order valence-corrected chi connectivity index (χ1v) is 10.7. The van der Waals surface area contributed by atoms with Gasteiger partial charge in [-0.1, -0.05) is 53.3 Å². The molecule has 0 aliphatic carbocycles. The summed E-state index contributed by atoms with van der Waals surface area (Å²) in [4.78, 5) is 4.57. The van der Waals surface area contributed by atoms with E-state index in [1.165, 1.54) is 23.9 Å². The van der Waals surface area contributed by atoms with Gasteiger partial charge in [0.1, 0.15) is 5.82 Å². The van der Waals surface area contributed by atoms with E-state index in [1.807, 2.05) is 18.2 Å². The second-order valence-electron chi connectivity index (χ2n) is 5.22. The summed E-state index contributed by atoms with van der Waals surface area (Å²) in [6.45, 7) is 0. The highest BCUT2D eigenvalue weighted by atomic mass is 35.5. The molecule has 26 heavy (non-hydrogen) atoms. The topological polar surface area (TPSA) is 51.8 Å². The molecule has 0 radical (unpaired) electrons. The van der Waals surface area contributed by atoms with Crippen LogP contribution in [0.2, 0.25) is 5.02 Å². The Bertz CT molecular complexity index is 1020. The molecule has 0 saturated heterocycles. The number of hydrogen-bond acceptors (Lipinski definition) is 7. The third-order valence-electron chi connectivity index (χ3n) is 3.41. The van der Waals surface area contributed by atoms with E-state index in [-0.39, 0.29) is 5.82 Å². The van der Waals surface area contributed by atoms with Crippen molar-refractivity contribution in [2.45, 2.75) is 21.1 Å². The van der Waals surface area contributed by atoms with E-state index in [1.54, 1.807) is 29.2 Å². The Morgan fingerprint density at radius 2 is 1.96 bits per heavy atom. The van der Waals surface area contributed by atoms with Gasteiger partial charge in [-0.25, -0.2) is 9.37 Å². The molecule has 2 aromatic carbocycles. The van der Waals surface area contributed by atoms with E-state index in [0.717, 1.165) is 20.1 Å². The third kappa shape index (κ3) is 4.20. The first-order chi connectivity index (χ1) is 12.7. The minimum atomic E-state index is -0.351. The summed E-state index contributed by atoms with van der Waals surface area (Å²) >= 11 is 10.6. The maximum absolute atomic E-state index is 13.1. The summed E-state index contributed by atoms with van der Waals surface area (Å²) in [6.07, 6.45) is 0. The molecule has 9 heteroatoms. The number of para-hydroxylation sites is 1. The average molecular weight is 424 g/mol. The molecule has 2 aromatic heterocycles. The van der Waals surface area contributed by atoms with Crippen molar-refractivity contribution >= 4 is 56.7 Å². The number of halogens is 2. The van der Waals surface area contributed by atoms with Gasteiger partial charge in [0.15, 0.2) is 4.34 Å². The highest BCUT2D eigenvalue weighted by Crippen LogP contribution is 2.32. The highest BCUT2D eigenvalue weighted by molar-refractivity contribution is 8.00. The van der Waals surface area contributed by atoms with Gasteiger partial charge in [-0.15, -0.1) is 21.5 Å². The van der Waals surface area contributed by atoms with Gasteiger partial charge in [0.05, 0.1) is 16.0 Å². The Balaban J connectivity index is 1.35. The molecule has 0 N–H and O–H groups in total. The fourth-order valence-corrected chi connectivity index (χ4v) is 5.17. The van der Waals surface area contributed by atoms with Crippen LogP contribution in [0.5, 0.6) is 0 Å². The van der Waals surface area contributed by atoms with Crippen LogP contribution in [0, 0.1) is 5.82 Å². The second-order valence-corrected chi connectivity index (χ2v) is 8.81. The van der Waals surface area contributed by atoms with E-state index < -0.39 is 0 Å². The van der Waals surface area contributed by atoms with Crippen LogP contribution in [-0.2, 0) is 11.5 Å². The number of thioether (sulfide) groups is 2. The monoisotopic (exact) mass is 423 g/mol. The van der Waals surface area contributed by atoms with Crippen LogP contribution in [-0.4, -0.2) is 15.2 Å². The fraction of sp³-hybridized carbons (Fsp3) is 0.118. The predicted molar refractivity (Wildman–Crippen MR) is 104 cm³/mol. The Labute approximate surface area is 166 Å². The van der Waals surface area contributed by atoms with Crippen LogP contribution in [0.25, 0.3) is 10.2 Å². The molecule has 0 atom stereocenters. The van der Waals surface area contributed by atoms with Crippen molar-refractivity contribution in [1.29, 1.82) is 0 Å². The standard InChI is InChI=1S/C17H11ClFN3OS3/c18-12-7-11(19)6-5-10(12)8-24-16-22-21-15(23-16)9-25-17-20-13-3-1-2-4-14(13)26-17/h1-7H,8-9H2. The Morgan fingerprint density at radius 1 is 1.08 bits per heavy atom. The SMILES string of the molecule is Fc1ccc(CSc2nnc(CSc3nc4ccccc4s3)o2)c(Cl)c1. The molecule has 0 saturated carbocycles. The summed E-state index contributed by atoms with van der Waals surface area (Å²) in [7, 11) is 0. The molecule has 0 spiro atoms. The van der Waals surface area contributed by atoms with Crippen LogP contribution in [0.1, 0.15) is 11.5 Å². The third-order valence-corrected chi connectivity index (χ3v) is 6.79. The quantitative estimate of drug-likeness (QED) is 0.351. The lowest BCUT2D eigenvalue weighted by atomic mass is 10.2. The van der Waals surface area contributed by atoms with E-state index >= 15 is 0 Å². The maximum atomic E-state index is 13.1. The molecule has 4 aromatic rings.